The van der Waals surface area contributed by atoms with E-state index in [0.29, 0.717) is 18.9 Å². The number of nitrogens with zero attached hydrogens (tertiary/aromatic N) is 2. The van der Waals surface area contributed by atoms with Crippen LogP contribution in [0.1, 0.15) is 22.4 Å². The SMILES string of the molecule is Cc1ccc(CC(=O)Nc2n[nH]c3c2CN(C(=O)Nc2ccccc2)C3)cc1. The third-order valence-corrected chi connectivity index (χ3v) is 4.71. The highest BCUT2D eigenvalue weighted by atomic mass is 16.2. The molecule has 3 N–H and O–H groups in total. The number of nitrogens with one attached hydrogen (secondary N) is 3. The molecule has 1 aromatic heterocycles. The Bertz CT molecular complexity index is 995. The maximum Gasteiger partial charge on any atom is 0.322 e. The minimum absolute atomic E-state index is 0.134. The molecule has 0 radical (unpaired) electrons. The second-order valence-electron chi connectivity index (χ2n) is 6.89. The summed E-state index contributed by atoms with van der Waals surface area (Å²) < 4.78 is 0. The van der Waals surface area contributed by atoms with Crippen molar-refractivity contribution in [1.29, 1.82) is 0 Å². The van der Waals surface area contributed by atoms with Gasteiger partial charge in [-0.15, -0.1) is 0 Å². The molecule has 142 valence electrons. The maximum atomic E-state index is 12.5. The van der Waals surface area contributed by atoms with Gasteiger partial charge in [-0.2, -0.15) is 5.10 Å². The van der Waals surface area contributed by atoms with E-state index in [4.69, 9.17) is 0 Å². The van der Waals surface area contributed by atoms with E-state index in [9.17, 15) is 9.59 Å². The van der Waals surface area contributed by atoms with Crippen LogP contribution in [0, 0.1) is 6.92 Å². The Hall–Kier alpha value is -3.61. The number of hydrogen-bond donors (Lipinski definition) is 3. The van der Waals surface area contributed by atoms with Crippen LogP contribution in [0.3, 0.4) is 0 Å². The van der Waals surface area contributed by atoms with Gasteiger partial charge in [0.05, 0.1) is 25.2 Å². The van der Waals surface area contributed by atoms with Gasteiger partial charge in [0.15, 0.2) is 5.82 Å². The molecule has 3 amide bonds. The predicted octanol–water partition coefficient (Wildman–Crippen LogP) is 3.45. The molecule has 2 aromatic carbocycles. The molecule has 0 saturated carbocycles. The van der Waals surface area contributed by atoms with Crippen molar-refractivity contribution in [2.24, 2.45) is 0 Å². The highest BCUT2D eigenvalue weighted by Gasteiger charge is 2.28. The molecule has 0 atom stereocenters. The van der Waals surface area contributed by atoms with Gasteiger partial charge < -0.3 is 15.5 Å². The second kappa shape index (κ2) is 7.56. The van der Waals surface area contributed by atoms with E-state index < -0.39 is 0 Å². The van der Waals surface area contributed by atoms with Crippen LogP contribution in [0.5, 0.6) is 0 Å². The first-order valence-corrected chi connectivity index (χ1v) is 9.11. The fraction of sp³-hybridized carbons (Fsp3) is 0.190. The van der Waals surface area contributed by atoms with Crippen LogP contribution in [0.2, 0.25) is 0 Å². The number of carbonyl (C=O) groups excluding carboxylic acids is 2. The van der Waals surface area contributed by atoms with E-state index in [2.05, 4.69) is 20.8 Å². The van der Waals surface area contributed by atoms with Gasteiger partial charge in [0, 0.05) is 11.3 Å². The molecule has 0 aliphatic carbocycles. The molecule has 1 aliphatic heterocycles. The van der Waals surface area contributed by atoms with Crippen molar-refractivity contribution in [3.8, 4) is 0 Å². The Labute approximate surface area is 162 Å². The smallest absolute Gasteiger partial charge is 0.314 e. The zero-order valence-corrected chi connectivity index (χ0v) is 15.5. The van der Waals surface area contributed by atoms with E-state index in [0.717, 1.165) is 28.1 Å². The van der Waals surface area contributed by atoms with Crippen LogP contribution in [0.25, 0.3) is 0 Å². The van der Waals surface area contributed by atoms with E-state index in [1.807, 2.05) is 61.5 Å². The standard InChI is InChI=1S/C21H21N5O2/c1-14-7-9-15(10-8-14)11-19(27)23-20-17-12-26(13-18(17)24-25-20)21(28)22-16-5-3-2-4-6-16/h2-10H,11-13H2,1H3,(H,22,28)(H2,23,24,25,27). The molecule has 3 aromatic rings. The molecule has 0 spiro atoms. The van der Waals surface area contributed by atoms with Crippen LogP contribution in [0.15, 0.2) is 54.6 Å². The lowest BCUT2D eigenvalue weighted by Crippen LogP contribution is -2.30. The molecule has 4 rings (SSSR count). The lowest BCUT2D eigenvalue weighted by atomic mass is 10.1. The minimum atomic E-state index is -0.187. The summed E-state index contributed by atoms with van der Waals surface area (Å²) in [6.07, 6.45) is 0.278. The molecule has 0 unspecified atom stereocenters. The summed E-state index contributed by atoms with van der Waals surface area (Å²) in [4.78, 5) is 26.5. The molecule has 7 heteroatoms. The summed E-state index contributed by atoms with van der Waals surface area (Å²) in [6, 6.07) is 17.0. The first-order chi connectivity index (χ1) is 13.6. The van der Waals surface area contributed by atoms with Gasteiger partial charge in [0.1, 0.15) is 0 Å². The van der Waals surface area contributed by atoms with Crippen molar-refractivity contribution in [3.05, 3.63) is 77.0 Å². The van der Waals surface area contributed by atoms with Crippen molar-refractivity contribution in [2.45, 2.75) is 26.4 Å². The van der Waals surface area contributed by atoms with E-state index in [1.165, 1.54) is 0 Å². The lowest BCUT2D eigenvalue weighted by Gasteiger charge is -2.16. The van der Waals surface area contributed by atoms with Gasteiger partial charge in [-0.1, -0.05) is 48.0 Å². The van der Waals surface area contributed by atoms with Crippen molar-refractivity contribution >= 4 is 23.4 Å². The Kier molecular flexibility index (Phi) is 4.80. The van der Waals surface area contributed by atoms with Gasteiger partial charge in [-0.3, -0.25) is 9.89 Å². The number of benzene rings is 2. The number of aromatic nitrogens is 2. The molecule has 0 saturated heterocycles. The number of amides is 3. The maximum absolute atomic E-state index is 12.5. The molecule has 7 nitrogen and oxygen atoms in total. The van der Waals surface area contributed by atoms with Gasteiger partial charge in [-0.05, 0) is 24.6 Å². The van der Waals surface area contributed by atoms with Gasteiger partial charge >= 0.3 is 6.03 Å². The van der Waals surface area contributed by atoms with Crippen molar-refractivity contribution in [1.82, 2.24) is 15.1 Å². The number of aromatic amines is 1. The normalized spacial score (nSPS) is 12.5. The number of rotatable bonds is 4. The number of hydrogen-bond acceptors (Lipinski definition) is 3. The predicted molar refractivity (Wildman–Crippen MR) is 107 cm³/mol. The number of anilines is 2. The summed E-state index contributed by atoms with van der Waals surface area (Å²) in [5.74, 6) is 0.354. The lowest BCUT2D eigenvalue weighted by molar-refractivity contribution is -0.115. The van der Waals surface area contributed by atoms with Gasteiger partial charge in [0.25, 0.3) is 0 Å². The Morgan fingerprint density at radius 3 is 2.54 bits per heavy atom. The largest absolute Gasteiger partial charge is 0.322 e. The zero-order valence-electron chi connectivity index (χ0n) is 15.5. The van der Waals surface area contributed by atoms with Crippen molar-refractivity contribution in [2.75, 3.05) is 10.6 Å². The number of fused-ring (bicyclic) bond motifs is 1. The Morgan fingerprint density at radius 1 is 1.04 bits per heavy atom. The fourth-order valence-electron chi connectivity index (χ4n) is 3.18. The van der Waals surface area contributed by atoms with Crippen molar-refractivity contribution < 1.29 is 9.59 Å². The number of para-hydroxylation sites is 1. The van der Waals surface area contributed by atoms with Gasteiger partial charge in [-0.25, -0.2) is 4.79 Å². The highest BCUT2D eigenvalue weighted by molar-refractivity contribution is 5.93. The molecular weight excluding hydrogens is 354 g/mol. The molecule has 0 bridgehead atoms. The molecule has 0 fully saturated rings. The average Bonchev–Trinajstić information content (AvgIpc) is 3.27. The summed E-state index contributed by atoms with van der Waals surface area (Å²) in [6.45, 7) is 2.83. The molecule has 2 heterocycles. The topological polar surface area (TPSA) is 90.1 Å². The van der Waals surface area contributed by atoms with Crippen LogP contribution in [0.4, 0.5) is 16.3 Å². The van der Waals surface area contributed by atoms with Crippen LogP contribution in [-0.4, -0.2) is 27.0 Å². The van der Waals surface area contributed by atoms with E-state index in [1.54, 1.807) is 4.90 Å². The zero-order chi connectivity index (χ0) is 19.5. The average molecular weight is 375 g/mol. The Morgan fingerprint density at radius 2 is 1.79 bits per heavy atom. The van der Waals surface area contributed by atoms with E-state index in [-0.39, 0.29) is 18.4 Å². The highest BCUT2D eigenvalue weighted by Crippen LogP contribution is 2.27. The number of H-pyrrole nitrogens is 1. The number of urea groups is 1. The molecular formula is C21H21N5O2. The first-order valence-electron chi connectivity index (χ1n) is 9.11. The summed E-state index contributed by atoms with van der Waals surface area (Å²) in [5.41, 5.74) is 4.53. The van der Waals surface area contributed by atoms with Crippen molar-refractivity contribution in [3.63, 3.8) is 0 Å². The number of aryl methyl sites for hydroxylation is 1. The summed E-state index contributed by atoms with van der Waals surface area (Å²) in [5, 5.41) is 12.8. The van der Waals surface area contributed by atoms with Gasteiger partial charge in [0.2, 0.25) is 5.91 Å². The molecule has 28 heavy (non-hydrogen) atoms. The van der Waals surface area contributed by atoms with Crippen LogP contribution in [-0.2, 0) is 24.3 Å². The minimum Gasteiger partial charge on any atom is -0.314 e. The fourth-order valence-corrected chi connectivity index (χ4v) is 3.18. The summed E-state index contributed by atoms with van der Waals surface area (Å²) in [7, 11) is 0. The second-order valence-corrected chi connectivity index (χ2v) is 6.89. The van der Waals surface area contributed by atoms with E-state index >= 15 is 0 Å². The third-order valence-electron chi connectivity index (χ3n) is 4.71. The van der Waals surface area contributed by atoms with Crippen LogP contribution >= 0.6 is 0 Å². The van der Waals surface area contributed by atoms with Crippen LogP contribution < -0.4 is 10.6 Å². The number of carbonyl (C=O) groups is 2. The Balaban J connectivity index is 1.37. The first kappa shape index (κ1) is 17.8. The quantitative estimate of drug-likeness (QED) is 0.652. The monoisotopic (exact) mass is 375 g/mol. The molecule has 1 aliphatic rings. The third kappa shape index (κ3) is 3.88. The summed E-state index contributed by atoms with van der Waals surface area (Å²) >= 11 is 0.